The first kappa shape index (κ1) is 24.4. The first-order chi connectivity index (χ1) is 13.5. The molecular formula is C20H24F4N2O3. The molecule has 1 amide bonds. The Morgan fingerprint density at radius 1 is 1.34 bits per heavy atom. The van der Waals surface area contributed by atoms with Crippen LogP contribution in [-0.2, 0) is 16.3 Å². The van der Waals surface area contributed by atoms with E-state index in [1.165, 1.54) is 7.05 Å². The molecule has 1 unspecified atom stereocenters. The van der Waals surface area contributed by atoms with Crippen molar-refractivity contribution < 1.29 is 31.9 Å². The van der Waals surface area contributed by atoms with Crippen molar-refractivity contribution in [3.63, 3.8) is 0 Å². The van der Waals surface area contributed by atoms with E-state index >= 15 is 0 Å². The van der Waals surface area contributed by atoms with Crippen LogP contribution in [0.4, 0.5) is 23.2 Å². The molecular weight excluding hydrogens is 392 g/mol. The lowest BCUT2D eigenvalue weighted by atomic mass is 9.87. The van der Waals surface area contributed by atoms with Gasteiger partial charge in [0.15, 0.2) is 0 Å². The molecule has 0 saturated heterocycles. The van der Waals surface area contributed by atoms with Gasteiger partial charge >= 0.3 is 12.3 Å². The van der Waals surface area contributed by atoms with Crippen molar-refractivity contribution in [1.29, 1.82) is 0 Å². The summed E-state index contributed by atoms with van der Waals surface area (Å²) >= 11 is 0. The van der Waals surface area contributed by atoms with Crippen LogP contribution in [0.3, 0.4) is 0 Å². The quantitative estimate of drug-likeness (QED) is 0.451. The van der Waals surface area contributed by atoms with Gasteiger partial charge in [-0.2, -0.15) is 0 Å². The fourth-order valence-corrected chi connectivity index (χ4v) is 3.58. The van der Waals surface area contributed by atoms with E-state index in [-0.39, 0.29) is 11.1 Å². The van der Waals surface area contributed by atoms with Crippen molar-refractivity contribution in [2.45, 2.75) is 51.7 Å². The number of carbonyl (C=O) groups excluding carboxylic acids is 2. The SMILES string of the molecule is C#CC(=O)N(c1ccc(OC(F)(F)F)c(CF)c1)C1(C=O)CCC(C)(C)C1.CN. The Morgan fingerprint density at radius 2 is 1.97 bits per heavy atom. The number of anilines is 1. The Kier molecular flexibility index (Phi) is 7.81. The van der Waals surface area contributed by atoms with Crippen LogP contribution in [0.1, 0.15) is 38.7 Å². The smallest absolute Gasteiger partial charge is 0.405 e. The van der Waals surface area contributed by atoms with Crippen molar-refractivity contribution in [3.8, 4) is 18.1 Å². The van der Waals surface area contributed by atoms with E-state index < -0.39 is 35.8 Å². The lowest BCUT2D eigenvalue weighted by Crippen LogP contribution is -2.52. The topological polar surface area (TPSA) is 72.6 Å². The van der Waals surface area contributed by atoms with Gasteiger partial charge in [0.1, 0.15) is 24.2 Å². The van der Waals surface area contributed by atoms with Gasteiger partial charge in [-0.05, 0) is 55.8 Å². The maximum absolute atomic E-state index is 13.3. The first-order valence-corrected chi connectivity index (χ1v) is 8.76. The van der Waals surface area contributed by atoms with Gasteiger partial charge in [0.2, 0.25) is 0 Å². The minimum Gasteiger partial charge on any atom is -0.405 e. The van der Waals surface area contributed by atoms with Crippen molar-refractivity contribution in [3.05, 3.63) is 23.8 Å². The fraction of sp³-hybridized carbons (Fsp3) is 0.500. The van der Waals surface area contributed by atoms with Gasteiger partial charge in [-0.1, -0.05) is 13.8 Å². The fourth-order valence-electron chi connectivity index (χ4n) is 3.58. The molecule has 9 heteroatoms. The van der Waals surface area contributed by atoms with E-state index in [0.717, 1.165) is 23.1 Å². The highest BCUT2D eigenvalue weighted by Gasteiger charge is 2.49. The third-order valence-corrected chi connectivity index (χ3v) is 4.68. The van der Waals surface area contributed by atoms with Gasteiger partial charge in [-0.15, -0.1) is 19.6 Å². The number of hydrogen-bond acceptors (Lipinski definition) is 4. The zero-order valence-corrected chi connectivity index (χ0v) is 16.5. The number of terminal acetylenes is 1. The number of nitrogens with zero attached hydrogens (tertiary/aromatic N) is 1. The molecule has 160 valence electrons. The van der Waals surface area contributed by atoms with Crippen LogP contribution in [0.5, 0.6) is 5.75 Å². The molecule has 1 fully saturated rings. The number of amides is 1. The highest BCUT2D eigenvalue weighted by molar-refractivity contribution is 6.09. The summed E-state index contributed by atoms with van der Waals surface area (Å²) in [6, 6.07) is 3.12. The van der Waals surface area contributed by atoms with Gasteiger partial charge in [-0.25, -0.2) is 4.39 Å². The van der Waals surface area contributed by atoms with Crippen molar-refractivity contribution in [1.82, 2.24) is 0 Å². The monoisotopic (exact) mass is 416 g/mol. The Hall–Kier alpha value is -2.60. The van der Waals surface area contributed by atoms with Crippen LogP contribution in [-0.4, -0.2) is 31.1 Å². The number of carbonyl (C=O) groups is 2. The Morgan fingerprint density at radius 3 is 2.38 bits per heavy atom. The molecule has 1 aromatic rings. The number of benzene rings is 1. The maximum atomic E-state index is 13.3. The van der Waals surface area contributed by atoms with E-state index in [0.29, 0.717) is 25.5 Å². The largest absolute Gasteiger partial charge is 0.573 e. The lowest BCUT2D eigenvalue weighted by Gasteiger charge is -2.37. The molecule has 1 aromatic carbocycles. The van der Waals surface area contributed by atoms with E-state index in [4.69, 9.17) is 6.42 Å². The maximum Gasteiger partial charge on any atom is 0.573 e. The molecule has 0 heterocycles. The number of aldehydes is 1. The Balaban J connectivity index is 0.00000204. The van der Waals surface area contributed by atoms with Gasteiger partial charge in [0.25, 0.3) is 0 Å². The second-order valence-corrected chi connectivity index (χ2v) is 7.32. The predicted octanol–water partition coefficient (Wildman–Crippen LogP) is 3.74. The molecule has 1 atom stereocenters. The van der Waals surface area contributed by atoms with Crippen molar-refractivity contribution >= 4 is 17.9 Å². The van der Waals surface area contributed by atoms with Crippen molar-refractivity contribution in [2.75, 3.05) is 11.9 Å². The molecule has 2 rings (SSSR count). The van der Waals surface area contributed by atoms with Gasteiger partial charge < -0.3 is 15.3 Å². The molecule has 29 heavy (non-hydrogen) atoms. The highest BCUT2D eigenvalue weighted by Crippen LogP contribution is 2.47. The van der Waals surface area contributed by atoms with Gasteiger partial charge in [-0.3, -0.25) is 9.69 Å². The molecule has 1 aliphatic rings. The van der Waals surface area contributed by atoms with E-state index in [9.17, 15) is 27.2 Å². The van der Waals surface area contributed by atoms with Crippen LogP contribution in [0.25, 0.3) is 0 Å². The summed E-state index contributed by atoms with van der Waals surface area (Å²) in [6.45, 7) is 2.62. The molecule has 1 aliphatic carbocycles. The molecule has 0 spiro atoms. The molecule has 2 N–H and O–H groups in total. The summed E-state index contributed by atoms with van der Waals surface area (Å²) in [5.41, 5.74) is 2.66. The Labute approximate surface area is 167 Å². The number of hydrogen-bond donors (Lipinski definition) is 1. The summed E-state index contributed by atoms with van der Waals surface area (Å²) in [5.74, 6) is 0.401. The molecule has 1 saturated carbocycles. The second kappa shape index (κ2) is 9.27. The number of alkyl halides is 4. The molecule has 0 bridgehead atoms. The second-order valence-electron chi connectivity index (χ2n) is 7.32. The zero-order valence-electron chi connectivity index (χ0n) is 16.5. The lowest BCUT2D eigenvalue weighted by molar-refractivity contribution is -0.275. The summed E-state index contributed by atoms with van der Waals surface area (Å²) in [7, 11) is 1.50. The van der Waals surface area contributed by atoms with Crippen molar-refractivity contribution in [2.24, 2.45) is 11.1 Å². The van der Waals surface area contributed by atoms with Gasteiger partial charge in [0.05, 0.1) is 0 Å². The summed E-state index contributed by atoms with van der Waals surface area (Å²) in [5, 5.41) is 0. The van der Waals surface area contributed by atoms with E-state index in [1.54, 1.807) is 0 Å². The van der Waals surface area contributed by atoms with Crippen LogP contribution < -0.4 is 15.4 Å². The van der Waals surface area contributed by atoms with Crippen LogP contribution in [0.15, 0.2) is 18.2 Å². The van der Waals surface area contributed by atoms with E-state index in [1.807, 2.05) is 19.8 Å². The van der Waals surface area contributed by atoms with E-state index in [2.05, 4.69) is 10.5 Å². The Bertz CT molecular complexity index is 787. The number of halogens is 4. The molecule has 0 aromatic heterocycles. The number of rotatable bonds is 5. The number of ether oxygens (including phenoxy) is 1. The third kappa shape index (κ3) is 5.70. The highest BCUT2D eigenvalue weighted by atomic mass is 19.4. The summed E-state index contributed by atoms with van der Waals surface area (Å²) in [6.07, 6.45) is 2.18. The number of nitrogens with two attached hydrogens (primary N) is 1. The molecule has 0 aliphatic heterocycles. The van der Waals surface area contributed by atoms with Crippen LogP contribution in [0, 0.1) is 17.8 Å². The van der Waals surface area contributed by atoms with Crippen LogP contribution >= 0.6 is 0 Å². The summed E-state index contributed by atoms with van der Waals surface area (Å²) < 4.78 is 54.5. The standard InChI is InChI=1S/C19H19F4NO3.CH5N/c1-4-16(26)24(18(12-25)8-7-17(2,3)11-18)14-5-6-15(13(9-14)10-20)27-19(21,22)23;1-2/h1,5-6,9,12H,7-8,10-11H2,2-3H3;2H2,1H3. The first-order valence-electron chi connectivity index (χ1n) is 8.76. The predicted molar refractivity (Wildman–Crippen MR) is 101 cm³/mol. The average Bonchev–Trinajstić information content (AvgIpc) is 2.99. The normalized spacial score (nSPS) is 20.1. The molecule has 0 radical (unpaired) electrons. The summed E-state index contributed by atoms with van der Waals surface area (Å²) in [4.78, 5) is 25.4. The average molecular weight is 416 g/mol. The van der Waals surface area contributed by atoms with Crippen LogP contribution in [0.2, 0.25) is 0 Å². The minimum absolute atomic E-state index is 0.0462. The zero-order chi connectivity index (χ0) is 22.5. The van der Waals surface area contributed by atoms with Gasteiger partial charge in [0, 0.05) is 11.3 Å². The molecule has 5 nitrogen and oxygen atoms in total. The third-order valence-electron chi connectivity index (χ3n) is 4.68. The minimum atomic E-state index is -4.99.